The van der Waals surface area contributed by atoms with Gasteiger partial charge in [-0.1, -0.05) is 31.2 Å². The van der Waals surface area contributed by atoms with Crippen molar-refractivity contribution in [1.29, 1.82) is 0 Å². The smallest absolute Gasteiger partial charge is 0.311 e. The largest absolute Gasteiger partial charge is 0.465 e. The van der Waals surface area contributed by atoms with Crippen molar-refractivity contribution in [3.8, 4) is 0 Å². The number of hydrogen-bond donors (Lipinski definition) is 0. The molecule has 116 valence electrons. The molecule has 0 heterocycles. The summed E-state index contributed by atoms with van der Waals surface area (Å²) in [6.07, 6.45) is 3.52. The van der Waals surface area contributed by atoms with Gasteiger partial charge in [0.05, 0.1) is 12.0 Å². The normalized spacial score (nSPS) is 12.8. The number of rotatable bonds is 7. The molecular formula is C18H26O3. The Morgan fingerprint density at radius 2 is 1.67 bits per heavy atom. The topological polar surface area (TPSA) is 43.4 Å². The van der Waals surface area contributed by atoms with Crippen molar-refractivity contribution < 1.29 is 14.3 Å². The summed E-state index contributed by atoms with van der Waals surface area (Å²) in [4.78, 5) is 22.2. The molecule has 21 heavy (non-hydrogen) atoms. The van der Waals surface area contributed by atoms with E-state index in [2.05, 4.69) is 24.3 Å². The van der Waals surface area contributed by atoms with Crippen molar-refractivity contribution in [1.82, 2.24) is 0 Å². The van der Waals surface area contributed by atoms with Crippen LogP contribution in [-0.2, 0) is 27.2 Å². The lowest BCUT2D eigenvalue weighted by Crippen LogP contribution is -2.23. The van der Waals surface area contributed by atoms with Crippen molar-refractivity contribution in [2.75, 3.05) is 6.61 Å². The van der Waals surface area contributed by atoms with E-state index in [1.165, 1.54) is 5.56 Å². The maximum Gasteiger partial charge on any atom is 0.311 e. The van der Waals surface area contributed by atoms with E-state index >= 15 is 0 Å². The standard InChI is InChI=1S/C18H26O3/c1-14(13-19)5-6-15-7-9-16(10-8-15)11-12-21-17(20)18(2,3)4/h7-10,13-14H,5-6,11-12H2,1-4H3. The van der Waals surface area contributed by atoms with Crippen LogP contribution in [0.4, 0.5) is 0 Å². The zero-order valence-electron chi connectivity index (χ0n) is 13.5. The molecule has 3 nitrogen and oxygen atoms in total. The summed E-state index contributed by atoms with van der Waals surface area (Å²) >= 11 is 0. The fraction of sp³-hybridized carbons (Fsp3) is 0.556. The van der Waals surface area contributed by atoms with Gasteiger partial charge in [-0.15, -0.1) is 0 Å². The lowest BCUT2D eigenvalue weighted by Gasteiger charge is -2.16. The molecule has 0 saturated carbocycles. The van der Waals surface area contributed by atoms with Crippen molar-refractivity contribution in [3.63, 3.8) is 0 Å². The summed E-state index contributed by atoms with van der Waals surface area (Å²) in [6, 6.07) is 8.29. The summed E-state index contributed by atoms with van der Waals surface area (Å²) in [5.41, 5.74) is 1.95. The molecule has 1 unspecified atom stereocenters. The third kappa shape index (κ3) is 6.56. The summed E-state index contributed by atoms with van der Waals surface area (Å²) in [6.45, 7) is 7.90. The SMILES string of the molecule is CC(C=O)CCc1ccc(CCOC(=O)C(C)(C)C)cc1. The molecule has 0 aromatic heterocycles. The quantitative estimate of drug-likeness (QED) is 0.569. The minimum atomic E-state index is -0.445. The number of ether oxygens (including phenoxy) is 1. The number of carbonyl (C=O) groups is 2. The molecule has 0 radical (unpaired) electrons. The summed E-state index contributed by atoms with van der Waals surface area (Å²) in [7, 11) is 0. The van der Waals surface area contributed by atoms with Crippen LogP contribution in [0.1, 0.15) is 45.2 Å². The highest BCUT2D eigenvalue weighted by molar-refractivity contribution is 5.75. The van der Waals surface area contributed by atoms with Gasteiger partial charge in [-0.05, 0) is 44.7 Å². The Labute approximate surface area is 127 Å². The van der Waals surface area contributed by atoms with E-state index in [1.54, 1.807) is 0 Å². The summed E-state index contributed by atoms with van der Waals surface area (Å²) in [5.74, 6) is -0.0524. The zero-order chi connectivity index (χ0) is 15.9. The van der Waals surface area contributed by atoms with E-state index in [-0.39, 0.29) is 11.9 Å². The average molecular weight is 290 g/mol. The number of aldehydes is 1. The van der Waals surface area contributed by atoms with Gasteiger partial charge >= 0.3 is 5.97 Å². The van der Waals surface area contributed by atoms with Gasteiger partial charge in [0.15, 0.2) is 0 Å². The number of esters is 1. The van der Waals surface area contributed by atoms with Crippen molar-refractivity contribution in [2.24, 2.45) is 11.3 Å². The van der Waals surface area contributed by atoms with Crippen LogP contribution >= 0.6 is 0 Å². The molecule has 1 atom stereocenters. The third-order valence-corrected chi connectivity index (χ3v) is 3.38. The fourth-order valence-electron chi connectivity index (χ4n) is 1.81. The maximum absolute atomic E-state index is 11.6. The van der Waals surface area contributed by atoms with E-state index in [4.69, 9.17) is 4.74 Å². The first-order chi connectivity index (χ1) is 9.82. The molecule has 0 fully saturated rings. The van der Waals surface area contributed by atoms with Gasteiger partial charge in [0.2, 0.25) is 0 Å². The Morgan fingerprint density at radius 1 is 1.14 bits per heavy atom. The lowest BCUT2D eigenvalue weighted by atomic mass is 9.97. The van der Waals surface area contributed by atoms with Crippen LogP contribution in [-0.4, -0.2) is 18.9 Å². The number of carbonyl (C=O) groups excluding carboxylic acids is 2. The fourth-order valence-corrected chi connectivity index (χ4v) is 1.81. The predicted molar refractivity (Wildman–Crippen MR) is 84.1 cm³/mol. The number of benzene rings is 1. The first kappa shape index (κ1) is 17.4. The van der Waals surface area contributed by atoms with Gasteiger partial charge < -0.3 is 9.53 Å². The lowest BCUT2D eigenvalue weighted by molar-refractivity contribution is -0.152. The summed E-state index contributed by atoms with van der Waals surface area (Å²) < 4.78 is 5.26. The van der Waals surface area contributed by atoms with E-state index in [1.807, 2.05) is 27.7 Å². The van der Waals surface area contributed by atoms with Crippen LogP contribution in [0.5, 0.6) is 0 Å². The highest BCUT2D eigenvalue weighted by atomic mass is 16.5. The first-order valence-electron chi connectivity index (χ1n) is 7.53. The van der Waals surface area contributed by atoms with E-state index in [0.29, 0.717) is 6.61 Å². The second-order valence-corrected chi connectivity index (χ2v) is 6.60. The Bertz CT molecular complexity index is 454. The van der Waals surface area contributed by atoms with Crippen molar-refractivity contribution in [2.45, 2.75) is 47.0 Å². The molecule has 0 spiro atoms. The molecular weight excluding hydrogens is 264 g/mol. The monoisotopic (exact) mass is 290 g/mol. The van der Waals surface area contributed by atoms with E-state index in [0.717, 1.165) is 31.1 Å². The minimum absolute atomic E-state index is 0.112. The summed E-state index contributed by atoms with van der Waals surface area (Å²) in [5, 5.41) is 0. The van der Waals surface area contributed by atoms with Gasteiger partial charge in [0, 0.05) is 12.3 Å². The van der Waals surface area contributed by atoms with Crippen molar-refractivity contribution in [3.05, 3.63) is 35.4 Å². The van der Waals surface area contributed by atoms with Crippen LogP contribution < -0.4 is 0 Å². The van der Waals surface area contributed by atoms with Crippen molar-refractivity contribution >= 4 is 12.3 Å². The number of aryl methyl sites for hydroxylation is 1. The molecule has 0 N–H and O–H groups in total. The predicted octanol–water partition coefficient (Wildman–Crippen LogP) is 3.59. The average Bonchev–Trinajstić information content (AvgIpc) is 2.44. The zero-order valence-corrected chi connectivity index (χ0v) is 13.5. The van der Waals surface area contributed by atoms with Crippen LogP contribution in [0.15, 0.2) is 24.3 Å². The van der Waals surface area contributed by atoms with Gasteiger partial charge in [-0.2, -0.15) is 0 Å². The Hall–Kier alpha value is -1.64. The van der Waals surface area contributed by atoms with Crippen LogP contribution in [0, 0.1) is 11.3 Å². The molecule has 0 amide bonds. The molecule has 0 aliphatic carbocycles. The Morgan fingerprint density at radius 3 is 2.14 bits per heavy atom. The van der Waals surface area contributed by atoms with Crippen LogP contribution in [0.2, 0.25) is 0 Å². The van der Waals surface area contributed by atoms with Gasteiger partial charge in [0.1, 0.15) is 6.29 Å². The van der Waals surface area contributed by atoms with Gasteiger partial charge in [-0.3, -0.25) is 4.79 Å². The Balaban J connectivity index is 2.38. The third-order valence-electron chi connectivity index (χ3n) is 3.38. The Kier molecular flexibility index (Phi) is 6.60. The molecule has 0 bridgehead atoms. The second-order valence-electron chi connectivity index (χ2n) is 6.60. The molecule has 0 aliphatic heterocycles. The highest BCUT2D eigenvalue weighted by Gasteiger charge is 2.22. The molecule has 0 aliphatic rings. The van der Waals surface area contributed by atoms with E-state index < -0.39 is 5.41 Å². The molecule has 1 aromatic rings. The van der Waals surface area contributed by atoms with E-state index in [9.17, 15) is 9.59 Å². The maximum atomic E-state index is 11.6. The molecule has 1 rings (SSSR count). The van der Waals surface area contributed by atoms with Gasteiger partial charge in [-0.25, -0.2) is 0 Å². The number of hydrogen-bond acceptors (Lipinski definition) is 3. The van der Waals surface area contributed by atoms with Crippen LogP contribution in [0.25, 0.3) is 0 Å². The van der Waals surface area contributed by atoms with Gasteiger partial charge in [0.25, 0.3) is 0 Å². The first-order valence-corrected chi connectivity index (χ1v) is 7.53. The molecule has 0 saturated heterocycles. The highest BCUT2D eigenvalue weighted by Crippen LogP contribution is 2.15. The second kappa shape index (κ2) is 7.96. The molecule has 1 aromatic carbocycles. The minimum Gasteiger partial charge on any atom is -0.465 e. The molecule has 3 heteroatoms. The van der Waals surface area contributed by atoms with Crippen LogP contribution in [0.3, 0.4) is 0 Å².